The van der Waals surface area contributed by atoms with E-state index in [0.29, 0.717) is 51.8 Å². The van der Waals surface area contributed by atoms with Gasteiger partial charge in [0, 0.05) is 31.1 Å². The van der Waals surface area contributed by atoms with E-state index in [1.807, 2.05) is 29.2 Å². The third-order valence-electron chi connectivity index (χ3n) is 5.29. The Morgan fingerprint density at radius 3 is 2.69 bits per heavy atom. The van der Waals surface area contributed by atoms with Gasteiger partial charge in [0.05, 0.1) is 12.5 Å². The summed E-state index contributed by atoms with van der Waals surface area (Å²) in [7, 11) is 0. The fourth-order valence-corrected chi connectivity index (χ4v) is 3.73. The van der Waals surface area contributed by atoms with Gasteiger partial charge in [-0.15, -0.1) is 0 Å². The molecular weight excluding hydrogens is 332 g/mol. The van der Waals surface area contributed by atoms with Gasteiger partial charge in [-0.1, -0.05) is 18.2 Å². The first kappa shape index (κ1) is 18.4. The minimum Gasteiger partial charge on any atom is -0.466 e. The van der Waals surface area contributed by atoms with Crippen LogP contribution in [0.3, 0.4) is 0 Å². The van der Waals surface area contributed by atoms with Crippen molar-refractivity contribution in [2.75, 3.05) is 25.0 Å². The van der Waals surface area contributed by atoms with Gasteiger partial charge in [0.25, 0.3) is 0 Å². The maximum atomic E-state index is 12.5. The predicted molar refractivity (Wildman–Crippen MR) is 97.4 cm³/mol. The first-order chi connectivity index (χ1) is 12.6. The zero-order chi connectivity index (χ0) is 18.5. The second-order valence-electron chi connectivity index (χ2n) is 6.99. The predicted octanol–water partition coefficient (Wildman–Crippen LogP) is 2.38. The van der Waals surface area contributed by atoms with E-state index in [2.05, 4.69) is 5.32 Å². The Morgan fingerprint density at radius 1 is 1.23 bits per heavy atom. The average Bonchev–Trinajstić information content (AvgIpc) is 2.66. The molecule has 0 spiro atoms. The van der Waals surface area contributed by atoms with Gasteiger partial charge < -0.3 is 15.0 Å². The highest BCUT2D eigenvalue weighted by atomic mass is 16.5. The Balaban J connectivity index is 1.46. The third kappa shape index (κ3) is 4.23. The number of hydrogen-bond donors (Lipinski definition) is 1. The molecule has 0 aliphatic carbocycles. The molecule has 140 valence electrons. The van der Waals surface area contributed by atoms with Crippen molar-refractivity contribution in [3.05, 3.63) is 29.8 Å². The molecule has 0 radical (unpaired) electrons. The Kier molecular flexibility index (Phi) is 5.91. The summed E-state index contributed by atoms with van der Waals surface area (Å²) in [6, 6.07) is 7.79. The summed E-state index contributed by atoms with van der Waals surface area (Å²) in [5, 5.41) is 2.93. The van der Waals surface area contributed by atoms with E-state index in [1.54, 1.807) is 6.92 Å². The van der Waals surface area contributed by atoms with Crippen molar-refractivity contribution in [3.8, 4) is 0 Å². The van der Waals surface area contributed by atoms with Crippen LogP contribution in [0.15, 0.2) is 24.3 Å². The molecule has 1 aromatic rings. The van der Waals surface area contributed by atoms with E-state index in [-0.39, 0.29) is 29.6 Å². The Hall–Kier alpha value is -2.37. The lowest BCUT2D eigenvalue weighted by molar-refractivity contribution is -0.151. The standard InChI is InChI=1S/C20H26N2O4/c1-2-26-20(25)14-9-11-22(12-10-14)18(23)8-7-16-13-15-5-3-4-6-17(15)21-19(16)24/h3-6,14,16H,2,7-13H2,1H3,(H,21,24)/t16-/m1/s1. The van der Waals surface area contributed by atoms with Crippen LogP contribution >= 0.6 is 0 Å². The van der Waals surface area contributed by atoms with Crippen molar-refractivity contribution in [2.45, 2.75) is 39.0 Å². The van der Waals surface area contributed by atoms with Crippen molar-refractivity contribution in [1.82, 2.24) is 4.90 Å². The SMILES string of the molecule is CCOC(=O)C1CCN(C(=O)CC[C@@H]2Cc3ccccc3NC2=O)CC1. The number of hydrogen-bond acceptors (Lipinski definition) is 4. The number of esters is 1. The molecule has 2 aliphatic heterocycles. The molecule has 0 unspecified atom stereocenters. The number of likely N-dealkylation sites (tertiary alicyclic amines) is 1. The lowest BCUT2D eigenvalue weighted by atomic mass is 9.89. The van der Waals surface area contributed by atoms with Crippen LogP contribution in [0.4, 0.5) is 5.69 Å². The minimum atomic E-state index is -0.161. The Labute approximate surface area is 153 Å². The fraction of sp³-hybridized carbons (Fsp3) is 0.550. The van der Waals surface area contributed by atoms with Crippen molar-refractivity contribution < 1.29 is 19.1 Å². The maximum Gasteiger partial charge on any atom is 0.309 e. The first-order valence-electron chi connectivity index (χ1n) is 9.41. The molecule has 0 bridgehead atoms. The van der Waals surface area contributed by atoms with Gasteiger partial charge in [-0.2, -0.15) is 0 Å². The lowest BCUT2D eigenvalue weighted by Crippen LogP contribution is -2.41. The molecular formula is C20H26N2O4. The summed E-state index contributed by atoms with van der Waals surface area (Å²) >= 11 is 0. The van der Waals surface area contributed by atoms with E-state index in [9.17, 15) is 14.4 Å². The maximum absolute atomic E-state index is 12.5. The molecule has 2 amide bonds. The summed E-state index contributed by atoms with van der Waals surface area (Å²) in [6.07, 6.45) is 2.91. The van der Waals surface area contributed by atoms with E-state index < -0.39 is 0 Å². The molecule has 6 heteroatoms. The largest absolute Gasteiger partial charge is 0.466 e. The number of ether oxygens (including phenoxy) is 1. The normalized spacial score (nSPS) is 20.3. The van der Waals surface area contributed by atoms with Gasteiger partial charge in [-0.25, -0.2) is 0 Å². The highest BCUT2D eigenvalue weighted by molar-refractivity contribution is 5.96. The van der Waals surface area contributed by atoms with E-state index in [0.717, 1.165) is 11.3 Å². The summed E-state index contributed by atoms with van der Waals surface area (Å²) in [5.74, 6) is -0.348. The van der Waals surface area contributed by atoms with E-state index >= 15 is 0 Å². The average molecular weight is 358 g/mol. The molecule has 26 heavy (non-hydrogen) atoms. The Morgan fingerprint density at radius 2 is 1.96 bits per heavy atom. The Bertz CT molecular complexity index is 680. The van der Waals surface area contributed by atoms with Crippen molar-refractivity contribution >= 4 is 23.5 Å². The summed E-state index contributed by atoms with van der Waals surface area (Å²) in [5.41, 5.74) is 2.00. The van der Waals surface area contributed by atoms with Crippen molar-refractivity contribution in [2.24, 2.45) is 11.8 Å². The fourth-order valence-electron chi connectivity index (χ4n) is 3.73. The number of amides is 2. The molecule has 0 saturated carbocycles. The van der Waals surface area contributed by atoms with Crippen molar-refractivity contribution in [3.63, 3.8) is 0 Å². The van der Waals surface area contributed by atoms with Gasteiger partial charge in [0.2, 0.25) is 11.8 Å². The number of nitrogens with one attached hydrogen (secondary N) is 1. The van der Waals surface area contributed by atoms with Crippen LogP contribution in [-0.2, 0) is 25.5 Å². The number of anilines is 1. The van der Waals surface area contributed by atoms with Crippen LogP contribution in [0.2, 0.25) is 0 Å². The van der Waals surface area contributed by atoms with E-state index in [4.69, 9.17) is 4.74 Å². The van der Waals surface area contributed by atoms with Crippen LogP contribution in [0.1, 0.15) is 38.2 Å². The number of fused-ring (bicyclic) bond motifs is 1. The molecule has 6 nitrogen and oxygen atoms in total. The number of nitrogens with zero attached hydrogens (tertiary/aromatic N) is 1. The smallest absolute Gasteiger partial charge is 0.309 e. The van der Waals surface area contributed by atoms with Gasteiger partial charge in [0.15, 0.2) is 0 Å². The summed E-state index contributed by atoms with van der Waals surface area (Å²) < 4.78 is 5.06. The van der Waals surface area contributed by atoms with Gasteiger partial charge in [-0.3, -0.25) is 14.4 Å². The number of piperidine rings is 1. The highest BCUT2D eigenvalue weighted by Crippen LogP contribution is 2.28. The second kappa shape index (κ2) is 8.34. The van der Waals surface area contributed by atoms with Gasteiger partial charge in [0.1, 0.15) is 0 Å². The minimum absolute atomic E-state index is 0.00230. The van der Waals surface area contributed by atoms with Crippen LogP contribution in [0, 0.1) is 11.8 Å². The second-order valence-corrected chi connectivity index (χ2v) is 6.99. The number of para-hydroxylation sites is 1. The zero-order valence-electron chi connectivity index (χ0n) is 15.2. The monoisotopic (exact) mass is 358 g/mol. The van der Waals surface area contributed by atoms with Gasteiger partial charge >= 0.3 is 5.97 Å². The molecule has 1 saturated heterocycles. The summed E-state index contributed by atoms with van der Waals surface area (Å²) in [4.78, 5) is 38.3. The number of benzene rings is 1. The highest BCUT2D eigenvalue weighted by Gasteiger charge is 2.30. The number of rotatable bonds is 5. The topological polar surface area (TPSA) is 75.7 Å². The summed E-state index contributed by atoms with van der Waals surface area (Å²) in [6.45, 7) is 3.37. The van der Waals surface area contributed by atoms with E-state index in [1.165, 1.54) is 0 Å². The van der Waals surface area contributed by atoms with Gasteiger partial charge in [-0.05, 0) is 44.2 Å². The molecule has 1 aromatic carbocycles. The van der Waals surface area contributed by atoms with Crippen LogP contribution < -0.4 is 5.32 Å². The molecule has 1 N–H and O–H groups in total. The number of carbonyl (C=O) groups excluding carboxylic acids is 3. The molecule has 2 heterocycles. The zero-order valence-corrected chi connectivity index (χ0v) is 15.2. The quantitative estimate of drug-likeness (QED) is 0.820. The molecule has 1 fully saturated rings. The molecule has 2 aliphatic rings. The third-order valence-corrected chi connectivity index (χ3v) is 5.29. The first-order valence-corrected chi connectivity index (χ1v) is 9.41. The molecule has 1 atom stereocenters. The van der Waals surface area contributed by atoms with Crippen LogP contribution in [0.5, 0.6) is 0 Å². The molecule has 0 aromatic heterocycles. The van der Waals surface area contributed by atoms with Crippen LogP contribution in [-0.4, -0.2) is 42.4 Å². The molecule has 3 rings (SSSR count). The lowest BCUT2D eigenvalue weighted by Gasteiger charge is -2.31. The van der Waals surface area contributed by atoms with Crippen molar-refractivity contribution in [1.29, 1.82) is 0 Å². The van der Waals surface area contributed by atoms with Crippen LogP contribution in [0.25, 0.3) is 0 Å². The number of carbonyl (C=O) groups is 3.